The second-order valence-corrected chi connectivity index (χ2v) is 6.35. The lowest BCUT2D eigenvalue weighted by Crippen LogP contribution is -2.44. The van der Waals surface area contributed by atoms with Crippen LogP contribution in [0.4, 0.5) is 0 Å². The van der Waals surface area contributed by atoms with Crippen LogP contribution >= 0.6 is 0 Å². The Morgan fingerprint density at radius 3 is 2.73 bits per heavy atom. The molecule has 15 heavy (non-hydrogen) atoms. The largest absolute Gasteiger partial charge is 0.392 e. The molecular weight excluding hydrogens is 188 g/mol. The van der Waals surface area contributed by atoms with Crippen LogP contribution in [-0.2, 0) is 4.79 Å². The van der Waals surface area contributed by atoms with Crippen molar-refractivity contribution in [3.63, 3.8) is 0 Å². The molecule has 3 aliphatic rings. The molecule has 1 N–H and O–H groups in total. The molecule has 0 saturated heterocycles. The Labute approximate surface area is 91.1 Å². The first-order chi connectivity index (χ1) is 6.96. The summed E-state index contributed by atoms with van der Waals surface area (Å²) in [5.74, 6) is 0.328. The van der Waals surface area contributed by atoms with Crippen LogP contribution in [0.25, 0.3) is 0 Å². The molecule has 0 aromatic heterocycles. The van der Waals surface area contributed by atoms with Crippen molar-refractivity contribution in [1.29, 1.82) is 0 Å². The Kier molecular flexibility index (Phi) is 1.62. The number of aliphatic hydroxyl groups is 1. The summed E-state index contributed by atoms with van der Waals surface area (Å²) in [4.78, 5) is 12.2. The van der Waals surface area contributed by atoms with Crippen LogP contribution in [0.1, 0.15) is 52.4 Å². The lowest BCUT2D eigenvalue weighted by atomic mass is 9.60. The summed E-state index contributed by atoms with van der Waals surface area (Å²) >= 11 is 0. The fourth-order valence-electron chi connectivity index (χ4n) is 5.13. The van der Waals surface area contributed by atoms with Crippen LogP contribution < -0.4 is 0 Å². The maximum absolute atomic E-state index is 12.2. The second-order valence-electron chi connectivity index (χ2n) is 6.35. The maximum atomic E-state index is 12.2. The minimum atomic E-state index is -0.418. The molecule has 3 rings (SSSR count). The van der Waals surface area contributed by atoms with Crippen molar-refractivity contribution in [1.82, 2.24) is 0 Å². The second kappa shape index (κ2) is 2.48. The zero-order valence-corrected chi connectivity index (χ0v) is 9.68. The first-order valence-corrected chi connectivity index (χ1v) is 6.18. The van der Waals surface area contributed by atoms with E-state index in [0.717, 1.165) is 19.3 Å². The molecule has 2 heteroatoms. The fraction of sp³-hybridized carbons (Fsp3) is 0.923. The lowest BCUT2D eigenvalue weighted by molar-refractivity contribution is -0.133. The molecule has 84 valence electrons. The highest BCUT2D eigenvalue weighted by atomic mass is 16.3. The third-order valence-electron chi connectivity index (χ3n) is 6.12. The Morgan fingerprint density at radius 2 is 2.00 bits per heavy atom. The minimum Gasteiger partial charge on any atom is -0.392 e. The molecule has 0 heterocycles. The van der Waals surface area contributed by atoms with Gasteiger partial charge in [-0.1, -0.05) is 13.3 Å². The zero-order chi connectivity index (χ0) is 10.9. The number of carbonyl (C=O) groups excluding carboxylic acids is 1. The Morgan fingerprint density at radius 1 is 1.27 bits per heavy atom. The van der Waals surface area contributed by atoms with E-state index < -0.39 is 5.41 Å². The van der Waals surface area contributed by atoms with Crippen molar-refractivity contribution < 1.29 is 9.90 Å². The van der Waals surface area contributed by atoms with Gasteiger partial charge in [0.2, 0.25) is 0 Å². The Hall–Kier alpha value is -0.370. The highest BCUT2D eigenvalue weighted by Crippen LogP contribution is 2.74. The van der Waals surface area contributed by atoms with E-state index in [4.69, 9.17) is 0 Å². The average Bonchev–Trinajstić information content (AvgIpc) is 2.67. The molecule has 1 spiro atoms. The Balaban J connectivity index is 2.19. The van der Waals surface area contributed by atoms with Crippen LogP contribution in [0.2, 0.25) is 0 Å². The van der Waals surface area contributed by atoms with Gasteiger partial charge in [-0.15, -0.1) is 0 Å². The SMILES string of the molecule is C[C@]12CCC[C@]13CCC(O)[C@]3(C)C(=O)C2. The van der Waals surface area contributed by atoms with Gasteiger partial charge in [0, 0.05) is 6.42 Å². The van der Waals surface area contributed by atoms with Gasteiger partial charge in [0.05, 0.1) is 11.5 Å². The third kappa shape index (κ3) is 0.780. The summed E-state index contributed by atoms with van der Waals surface area (Å²) in [6, 6.07) is 0. The molecule has 0 aliphatic heterocycles. The van der Waals surface area contributed by atoms with E-state index in [2.05, 4.69) is 6.92 Å². The molecule has 0 aromatic carbocycles. The number of aliphatic hydroxyl groups excluding tert-OH is 1. The minimum absolute atomic E-state index is 0.135. The van der Waals surface area contributed by atoms with Gasteiger partial charge in [-0.25, -0.2) is 0 Å². The van der Waals surface area contributed by atoms with Gasteiger partial charge in [0.1, 0.15) is 5.78 Å². The van der Waals surface area contributed by atoms with Gasteiger partial charge in [0.25, 0.3) is 0 Å². The van der Waals surface area contributed by atoms with E-state index >= 15 is 0 Å². The van der Waals surface area contributed by atoms with Crippen LogP contribution in [-0.4, -0.2) is 17.0 Å². The van der Waals surface area contributed by atoms with Crippen molar-refractivity contribution in [3.05, 3.63) is 0 Å². The molecule has 0 radical (unpaired) electrons. The van der Waals surface area contributed by atoms with Gasteiger partial charge in [-0.05, 0) is 43.4 Å². The number of carbonyl (C=O) groups is 1. The van der Waals surface area contributed by atoms with Crippen LogP contribution in [0.15, 0.2) is 0 Å². The van der Waals surface area contributed by atoms with Crippen LogP contribution in [0, 0.1) is 16.2 Å². The standard InChI is InChI=1S/C13H20O2/c1-11-5-3-6-13(11)7-4-9(14)12(13,2)10(15)8-11/h9,14H,3-8H2,1-2H3/t9?,11-,12-,13+/m1/s1. The molecule has 3 saturated carbocycles. The smallest absolute Gasteiger partial charge is 0.142 e. The summed E-state index contributed by atoms with van der Waals surface area (Å²) < 4.78 is 0. The summed E-state index contributed by atoms with van der Waals surface area (Å²) in [5, 5.41) is 10.2. The van der Waals surface area contributed by atoms with Crippen molar-refractivity contribution in [2.45, 2.75) is 58.5 Å². The normalized spacial score (nSPS) is 58.3. The predicted molar refractivity (Wildman–Crippen MR) is 57.4 cm³/mol. The van der Waals surface area contributed by atoms with Crippen LogP contribution in [0.5, 0.6) is 0 Å². The summed E-state index contributed by atoms with van der Waals surface area (Å²) in [6.07, 6.45) is 5.80. The van der Waals surface area contributed by atoms with E-state index in [1.165, 1.54) is 12.8 Å². The van der Waals surface area contributed by atoms with E-state index in [1.807, 2.05) is 6.92 Å². The first-order valence-electron chi connectivity index (χ1n) is 6.18. The monoisotopic (exact) mass is 208 g/mol. The maximum Gasteiger partial charge on any atom is 0.142 e. The number of hydrogen-bond donors (Lipinski definition) is 1. The molecule has 1 unspecified atom stereocenters. The topological polar surface area (TPSA) is 37.3 Å². The summed E-state index contributed by atoms with van der Waals surface area (Å²) in [5.41, 5.74) is -0.0922. The molecule has 0 bridgehead atoms. The van der Waals surface area contributed by atoms with Crippen molar-refractivity contribution in [2.75, 3.05) is 0 Å². The highest BCUT2D eigenvalue weighted by Gasteiger charge is 2.73. The molecule has 4 atom stereocenters. The zero-order valence-electron chi connectivity index (χ0n) is 9.68. The average molecular weight is 208 g/mol. The predicted octanol–water partition coefficient (Wildman–Crippen LogP) is 2.30. The molecule has 0 aromatic rings. The van der Waals surface area contributed by atoms with Gasteiger partial charge < -0.3 is 5.11 Å². The summed E-state index contributed by atoms with van der Waals surface area (Å²) in [7, 11) is 0. The van der Waals surface area contributed by atoms with E-state index in [1.54, 1.807) is 0 Å². The number of ketones is 1. The van der Waals surface area contributed by atoms with E-state index in [9.17, 15) is 9.90 Å². The van der Waals surface area contributed by atoms with Gasteiger partial charge in [-0.2, -0.15) is 0 Å². The number of hydrogen-bond acceptors (Lipinski definition) is 2. The van der Waals surface area contributed by atoms with Crippen molar-refractivity contribution >= 4 is 5.78 Å². The quantitative estimate of drug-likeness (QED) is 0.663. The molecule has 0 amide bonds. The lowest BCUT2D eigenvalue weighted by Gasteiger charge is -2.43. The van der Waals surface area contributed by atoms with Crippen molar-refractivity contribution in [2.24, 2.45) is 16.2 Å². The van der Waals surface area contributed by atoms with E-state index in [0.29, 0.717) is 12.2 Å². The van der Waals surface area contributed by atoms with Crippen molar-refractivity contribution in [3.8, 4) is 0 Å². The molecule has 3 aliphatic carbocycles. The first kappa shape index (κ1) is 9.83. The number of Topliss-reactive ketones (excluding diaryl/α,β-unsaturated/α-hetero) is 1. The number of rotatable bonds is 0. The molecule has 3 fully saturated rings. The summed E-state index contributed by atoms with van der Waals surface area (Å²) in [6.45, 7) is 4.31. The fourth-order valence-corrected chi connectivity index (χ4v) is 5.13. The Bertz CT molecular complexity index is 337. The van der Waals surface area contributed by atoms with E-state index in [-0.39, 0.29) is 16.9 Å². The molecule has 2 nitrogen and oxygen atoms in total. The highest BCUT2D eigenvalue weighted by molar-refractivity contribution is 5.90. The van der Waals surface area contributed by atoms with Gasteiger partial charge in [0.15, 0.2) is 0 Å². The molecular formula is C13H20O2. The van der Waals surface area contributed by atoms with Gasteiger partial charge in [-0.3, -0.25) is 4.79 Å². The third-order valence-corrected chi connectivity index (χ3v) is 6.12. The van der Waals surface area contributed by atoms with Crippen LogP contribution in [0.3, 0.4) is 0 Å². The van der Waals surface area contributed by atoms with Gasteiger partial charge >= 0.3 is 0 Å².